The molecule has 0 spiro atoms. The topological polar surface area (TPSA) is 86.7 Å². The number of hydrogen-bond acceptors (Lipinski definition) is 4. The molecule has 0 aromatic heterocycles. The number of aliphatic hydroxyl groups is 2. The molecule has 0 radical (unpaired) electrons. The van der Waals surface area contributed by atoms with Gasteiger partial charge in [0.2, 0.25) is 0 Å². The van der Waals surface area contributed by atoms with E-state index in [1.54, 1.807) is 12.1 Å². The maximum absolute atomic E-state index is 9.81. The minimum atomic E-state index is -0.999. The van der Waals surface area contributed by atoms with Gasteiger partial charge in [-0.05, 0) is 43.1 Å². The summed E-state index contributed by atoms with van der Waals surface area (Å²) in [7, 11) is 0. The van der Waals surface area contributed by atoms with Crippen LogP contribution in [0.1, 0.15) is 23.7 Å². The zero-order valence-corrected chi connectivity index (χ0v) is 8.72. The highest BCUT2D eigenvalue weighted by Crippen LogP contribution is 2.25. The van der Waals surface area contributed by atoms with Gasteiger partial charge in [0.15, 0.2) is 0 Å². The monoisotopic (exact) mass is 211 g/mol. The summed E-state index contributed by atoms with van der Waals surface area (Å²) in [6.07, 6.45) is -1.56. The molecule has 0 saturated carbocycles. The van der Waals surface area contributed by atoms with Crippen molar-refractivity contribution >= 4 is 0 Å². The fraction of sp³-hybridized carbons (Fsp3) is 0.455. The molecule has 0 bridgehead atoms. The van der Waals surface area contributed by atoms with Gasteiger partial charge in [0, 0.05) is 0 Å². The Hall–Kier alpha value is -1.10. The van der Waals surface area contributed by atoms with Crippen molar-refractivity contribution in [2.24, 2.45) is 5.73 Å². The average molecular weight is 211 g/mol. The molecule has 1 aromatic rings. The first-order chi connectivity index (χ1) is 7.06. The van der Waals surface area contributed by atoms with Crippen molar-refractivity contribution < 1.29 is 15.3 Å². The number of phenolic OH excluding ortho intramolecular Hbond substituents is 1. The van der Waals surface area contributed by atoms with E-state index in [0.717, 1.165) is 5.56 Å². The van der Waals surface area contributed by atoms with Gasteiger partial charge in [-0.1, -0.05) is 6.07 Å². The van der Waals surface area contributed by atoms with E-state index >= 15 is 0 Å². The Morgan fingerprint density at radius 1 is 1.33 bits per heavy atom. The molecule has 0 saturated heterocycles. The summed E-state index contributed by atoms with van der Waals surface area (Å²) in [4.78, 5) is 0. The van der Waals surface area contributed by atoms with Crippen LogP contribution in [0.15, 0.2) is 18.2 Å². The normalized spacial score (nSPS) is 14.9. The van der Waals surface area contributed by atoms with Gasteiger partial charge in [-0.3, -0.25) is 0 Å². The molecule has 5 N–H and O–H groups in total. The third kappa shape index (κ3) is 2.92. The van der Waals surface area contributed by atoms with Crippen molar-refractivity contribution in [2.45, 2.75) is 25.6 Å². The van der Waals surface area contributed by atoms with Crippen LogP contribution in [-0.4, -0.2) is 28.0 Å². The number of aromatic hydroxyl groups is 1. The van der Waals surface area contributed by atoms with Crippen molar-refractivity contribution in [3.05, 3.63) is 29.3 Å². The summed E-state index contributed by atoms with van der Waals surface area (Å²) in [6.45, 7) is 2.13. The van der Waals surface area contributed by atoms with E-state index in [1.807, 2.05) is 6.92 Å². The maximum Gasteiger partial charge on any atom is 0.115 e. The minimum absolute atomic E-state index is 0.0783. The SMILES string of the molecule is Cc1ccc(O)cc1C(O)C(O)CCN. The molecule has 1 rings (SSSR count). The van der Waals surface area contributed by atoms with Crippen LogP contribution in [0.25, 0.3) is 0 Å². The van der Waals surface area contributed by atoms with Crippen LogP contribution in [0.5, 0.6) is 5.75 Å². The van der Waals surface area contributed by atoms with Gasteiger partial charge in [-0.25, -0.2) is 0 Å². The van der Waals surface area contributed by atoms with Crippen LogP contribution in [0, 0.1) is 6.92 Å². The van der Waals surface area contributed by atoms with Crippen molar-refractivity contribution in [3.8, 4) is 5.75 Å². The molecule has 0 aliphatic heterocycles. The van der Waals surface area contributed by atoms with Gasteiger partial charge in [0.05, 0.1) is 6.10 Å². The first kappa shape index (κ1) is 12.0. The molecule has 2 unspecified atom stereocenters. The number of aryl methyl sites for hydroxylation is 1. The Morgan fingerprint density at radius 2 is 2.00 bits per heavy atom. The van der Waals surface area contributed by atoms with Gasteiger partial charge in [0.25, 0.3) is 0 Å². The molecule has 4 nitrogen and oxygen atoms in total. The van der Waals surface area contributed by atoms with Crippen molar-refractivity contribution in [2.75, 3.05) is 6.54 Å². The number of nitrogens with two attached hydrogens (primary N) is 1. The van der Waals surface area contributed by atoms with E-state index in [1.165, 1.54) is 6.07 Å². The maximum atomic E-state index is 9.81. The summed E-state index contributed by atoms with van der Waals surface area (Å²) in [5.74, 6) is 0.0783. The average Bonchev–Trinajstić information content (AvgIpc) is 2.21. The summed E-state index contributed by atoms with van der Waals surface area (Å²) >= 11 is 0. The third-order valence-corrected chi connectivity index (χ3v) is 2.41. The van der Waals surface area contributed by atoms with Gasteiger partial charge in [-0.15, -0.1) is 0 Å². The molecule has 1 aromatic carbocycles. The number of hydrogen-bond donors (Lipinski definition) is 4. The van der Waals surface area contributed by atoms with Crippen molar-refractivity contribution in [3.63, 3.8) is 0 Å². The van der Waals surface area contributed by atoms with Crippen LogP contribution in [0.3, 0.4) is 0 Å². The molecule has 84 valence electrons. The van der Waals surface area contributed by atoms with Crippen LogP contribution in [0.2, 0.25) is 0 Å². The Kier molecular flexibility index (Phi) is 4.08. The highest BCUT2D eigenvalue weighted by atomic mass is 16.3. The van der Waals surface area contributed by atoms with Crippen molar-refractivity contribution in [1.82, 2.24) is 0 Å². The first-order valence-corrected chi connectivity index (χ1v) is 4.92. The van der Waals surface area contributed by atoms with Gasteiger partial charge in [0.1, 0.15) is 11.9 Å². The lowest BCUT2D eigenvalue weighted by molar-refractivity contribution is 0.0145. The minimum Gasteiger partial charge on any atom is -0.508 e. The van der Waals surface area contributed by atoms with E-state index in [0.29, 0.717) is 18.5 Å². The van der Waals surface area contributed by atoms with Gasteiger partial charge >= 0.3 is 0 Å². The van der Waals surface area contributed by atoms with Crippen LogP contribution in [-0.2, 0) is 0 Å². The van der Waals surface area contributed by atoms with Crippen LogP contribution < -0.4 is 5.73 Å². The summed E-state index contributed by atoms with van der Waals surface area (Å²) in [5.41, 5.74) is 6.66. The van der Waals surface area contributed by atoms with Gasteiger partial charge < -0.3 is 21.1 Å². The quantitative estimate of drug-likeness (QED) is 0.582. The van der Waals surface area contributed by atoms with Crippen molar-refractivity contribution in [1.29, 1.82) is 0 Å². The molecule has 0 amide bonds. The van der Waals surface area contributed by atoms with Crippen LogP contribution in [0.4, 0.5) is 0 Å². The summed E-state index contributed by atoms with van der Waals surface area (Å²) in [5, 5.41) is 28.7. The van der Waals surface area contributed by atoms with E-state index < -0.39 is 12.2 Å². The lowest BCUT2D eigenvalue weighted by Gasteiger charge is -2.19. The van der Waals surface area contributed by atoms with Crippen LogP contribution >= 0.6 is 0 Å². The van der Waals surface area contributed by atoms with E-state index in [4.69, 9.17) is 5.73 Å². The van der Waals surface area contributed by atoms with Gasteiger partial charge in [-0.2, -0.15) is 0 Å². The Bertz CT molecular complexity index is 328. The predicted molar refractivity (Wildman–Crippen MR) is 57.5 cm³/mol. The molecular weight excluding hydrogens is 194 g/mol. The Balaban J connectivity index is 2.89. The zero-order chi connectivity index (χ0) is 11.4. The molecule has 4 heteroatoms. The number of rotatable bonds is 4. The number of phenols is 1. The Morgan fingerprint density at radius 3 is 2.60 bits per heavy atom. The lowest BCUT2D eigenvalue weighted by atomic mass is 9.97. The molecule has 15 heavy (non-hydrogen) atoms. The predicted octanol–water partition coefficient (Wildman–Crippen LogP) is 0.444. The molecule has 0 aliphatic carbocycles. The second kappa shape index (κ2) is 5.11. The summed E-state index contributed by atoms with van der Waals surface area (Å²) < 4.78 is 0. The molecule has 2 atom stereocenters. The smallest absolute Gasteiger partial charge is 0.115 e. The summed E-state index contributed by atoms with van der Waals surface area (Å²) in [6, 6.07) is 4.70. The largest absolute Gasteiger partial charge is 0.508 e. The second-order valence-electron chi connectivity index (χ2n) is 3.63. The fourth-order valence-electron chi connectivity index (χ4n) is 1.48. The first-order valence-electron chi connectivity index (χ1n) is 4.92. The Labute approximate surface area is 89.0 Å². The third-order valence-electron chi connectivity index (χ3n) is 2.41. The molecule has 0 fully saturated rings. The van der Waals surface area contributed by atoms with E-state index in [-0.39, 0.29) is 5.75 Å². The molecular formula is C11H17NO3. The van der Waals surface area contributed by atoms with E-state index in [9.17, 15) is 15.3 Å². The molecule has 0 heterocycles. The van der Waals surface area contributed by atoms with E-state index in [2.05, 4.69) is 0 Å². The number of aliphatic hydroxyl groups excluding tert-OH is 2. The molecule has 0 aliphatic rings. The number of benzene rings is 1. The second-order valence-corrected chi connectivity index (χ2v) is 3.63. The lowest BCUT2D eigenvalue weighted by Crippen LogP contribution is -2.22. The standard InChI is InChI=1S/C11H17NO3/c1-7-2-3-8(13)6-9(7)11(15)10(14)4-5-12/h2-3,6,10-11,13-15H,4-5,12H2,1H3. The highest BCUT2D eigenvalue weighted by Gasteiger charge is 2.19. The highest BCUT2D eigenvalue weighted by molar-refractivity contribution is 5.35. The fourth-order valence-corrected chi connectivity index (χ4v) is 1.48. The zero-order valence-electron chi connectivity index (χ0n) is 8.72.